The molecule has 49 valence electrons. The Morgan fingerprint density at radius 3 is 1.75 bits per heavy atom. The summed E-state index contributed by atoms with van der Waals surface area (Å²) in [5.74, 6) is 0.711. The first-order valence-corrected chi connectivity index (χ1v) is 3.52. The summed E-state index contributed by atoms with van der Waals surface area (Å²) in [6.07, 6.45) is 0. The van der Waals surface area contributed by atoms with Crippen molar-refractivity contribution in [2.24, 2.45) is 5.92 Å². The maximum Gasteiger partial charge on any atom is -1.00 e. The van der Waals surface area contributed by atoms with Gasteiger partial charge in [0.15, 0.2) is 0 Å². The van der Waals surface area contributed by atoms with Gasteiger partial charge in [-0.2, -0.15) is 0 Å². The molecule has 0 amide bonds. The van der Waals surface area contributed by atoms with Gasteiger partial charge in [0.05, 0.1) is 0 Å². The van der Waals surface area contributed by atoms with E-state index >= 15 is 0 Å². The predicted molar refractivity (Wildman–Crippen MR) is 20.8 cm³/mol. The maximum atomic E-state index is 4.94. The molecule has 0 aliphatic rings. The first kappa shape index (κ1) is 16.2. The van der Waals surface area contributed by atoms with Crippen LogP contribution in [0.15, 0.2) is 0 Å². The van der Waals surface area contributed by atoms with Crippen LogP contribution in [-0.4, -0.2) is 6.61 Å². The van der Waals surface area contributed by atoms with Crippen molar-refractivity contribution in [2.75, 3.05) is 6.61 Å². The Balaban J connectivity index is -0.000000125. The van der Waals surface area contributed by atoms with Crippen molar-refractivity contribution in [2.45, 2.75) is 13.8 Å². The molecule has 0 atom stereocenters. The van der Waals surface area contributed by atoms with E-state index < -0.39 is 0 Å². The minimum atomic E-state index is 0. The second kappa shape index (κ2) is 11.2. The average Bonchev–Trinajstić information content (AvgIpc) is 1.35. The summed E-state index contributed by atoms with van der Waals surface area (Å²) in [6, 6.07) is 0. The Kier molecular flexibility index (Phi) is 22.8. The maximum absolute atomic E-state index is 4.94. The first-order valence-electron chi connectivity index (χ1n) is 2.06. The molecule has 0 aliphatic carbocycles. The molecule has 0 saturated heterocycles. The van der Waals surface area contributed by atoms with Crippen LogP contribution in [0.1, 0.15) is 13.8 Å². The Bertz CT molecular complexity index is 35.2. The second-order valence-electron chi connectivity index (χ2n) is 1.70. The summed E-state index contributed by atoms with van der Waals surface area (Å²) < 4.78 is 4.94. The van der Waals surface area contributed by atoms with E-state index in [1.165, 1.54) is 0 Å². The first-order chi connectivity index (χ1) is 2.77. The summed E-state index contributed by atoms with van der Waals surface area (Å²) >= 11 is 0.887. The van der Waals surface area contributed by atoms with Gasteiger partial charge < -0.3 is 24.8 Å². The zero-order valence-electron chi connectivity index (χ0n) is 4.95. The Labute approximate surface area is 78.6 Å². The normalized spacial score (nSPS) is 7.62. The van der Waals surface area contributed by atoms with Crippen LogP contribution in [0.4, 0.5) is 0 Å². The molecule has 8 heavy (non-hydrogen) atoms. The molecule has 0 aliphatic heterocycles. The third kappa shape index (κ3) is 15.7. The van der Waals surface area contributed by atoms with Gasteiger partial charge in [-0.25, -0.2) is 0 Å². The zero-order chi connectivity index (χ0) is 4.99. The molecule has 0 aromatic rings. The van der Waals surface area contributed by atoms with Crippen LogP contribution in [0.5, 0.6) is 0 Å². The zero-order valence-corrected chi connectivity index (χ0v) is 10.1. The summed E-state index contributed by atoms with van der Waals surface area (Å²) in [7, 11) is 0. The van der Waals surface area contributed by atoms with E-state index in [4.69, 9.17) is 2.85 Å². The molecule has 4 heteroatoms. The van der Waals surface area contributed by atoms with Gasteiger partial charge in [-0.15, -0.1) is 0 Å². The topological polar surface area (TPSA) is 9.23 Å². The summed E-state index contributed by atoms with van der Waals surface area (Å²) in [5.41, 5.74) is 0. The molecular weight excluding hydrogens is 313 g/mol. The Hall–Kier alpha value is 1.41. The van der Waals surface area contributed by atoms with E-state index in [1.54, 1.807) is 0 Å². The van der Waals surface area contributed by atoms with E-state index in [-0.39, 0.29) is 24.8 Å². The van der Waals surface area contributed by atoms with Gasteiger partial charge >= 0.3 is 54.0 Å². The molecule has 0 heterocycles. The number of halogens is 2. The van der Waals surface area contributed by atoms with Crippen LogP contribution in [-0.2, 0) is 27.7 Å². The number of hydrogen-bond donors (Lipinski definition) is 0. The summed E-state index contributed by atoms with van der Waals surface area (Å²) in [6.45, 7) is 5.24. The second-order valence-corrected chi connectivity index (χ2v) is 2.74. The van der Waals surface area contributed by atoms with Crippen LogP contribution in [0.2, 0.25) is 0 Å². The van der Waals surface area contributed by atoms with Gasteiger partial charge in [0.2, 0.25) is 0 Å². The molecule has 0 N–H and O–H groups in total. The van der Waals surface area contributed by atoms with Crippen molar-refractivity contribution in [3.8, 4) is 0 Å². The van der Waals surface area contributed by atoms with E-state index in [9.17, 15) is 0 Å². The van der Waals surface area contributed by atoms with Gasteiger partial charge in [0.1, 0.15) is 0 Å². The Morgan fingerprint density at radius 1 is 1.38 bits per heavy atom. The minimum absolute atomic E-state index is 0. The summed E-state index contributed by atoms with van der Waals surface area (Å²) in [4.78, 5) is 0. The average molecular weight is 323 g/mol. The van der Waals surface area contributed by atoms with Crippen LogP contribution in [0, 0.1) is 5.92 Å². The van der Waals surface area contributed by atoms with Crippen molar-refractivity contribution in [1.29, 1.82) is 0 Å². The van der Waals surface area contributed by atoms with Crippen LogP contribution >= 0.6 is 0 Å². The molecule has 1 nitrogen and oxygen atoms in total. The minimum Gasteiger partial charge on any atom is -1.00 e. The van der Waals surface area contributed by atoms with Crippen molar-refractivity contribution in [3.05, 3.63) is 0 Å². The standard InChI is InChI=1S/C4H9O.2ClH.Hf/c1-4(2)3-5;;;/h4H,3H2,1-2H3;2*1H;/q-1;;;+3/p-2. The fraction of sp³-hybridized carbons (Fsp3) is 1.00. The number of hydrogen-bond acceptors (Lipinski definition) is 1. The van der Waals surface area contributed by atoms with Crippen LogP contribution in [0.3, 0.4) is 0 Å². The molecule has 0 unspecified atom stereocenters. The van der Waals surface area contributed by atoms with Crippen molar-refractivity contribution >= 4 is 0 Å². The molecular formula is C4H9Cl2HfO. The van der Waals surface area contributed by atoms with Gasteiger partial charge in [0.25, 0.3) is 0 Å². The largest absolute Gasteiger partial charge is 1.00 e. The molecule has 0 bridgehead atoms. The third-order valence-electron chi connectivity index (χ3n) is 0.417. The SMILES string of the molecule is CC(C)C[O][Hf+2].[Cl-].[Cl-]. The Morgan fingerprint density at radius 2 is 1.75 bits per heavy atom. The molecule has 0 radical (unpaired) electrons. The van der Waals surface area contributed by atoms with E-state index in [0.717, 1.165) is 31.4 Å². The monoisotopic (exact) mass is 323 g/mol. The van der Waals surface area contributed by atoms with Gasteiger partial charge in [0, 0.05) is 0 Å². The molecule has 0 saturated carbocycles. The predicted octanol–water partition coefficient (Wildman–Crippen LogP) is -4.87. The van der Waals surface area contributed by atoms with Crippen molar-refractivity contribution < 1.29 is 52.5 Å². The molecule has 0 spiro atoms. The molecule has 0 aromatic carbocycles. The quantitative estimate of drug-likeness (QED) is 0.464. The smallest absolute Gasteiger partial charge is 1.00 e. The van der Waals surface area contributed by atoms with Gasteiger partial charge in [-0.1, -0.05) is 0 Å². The molecule has 0 fully saturated rings. The number of rotatable bonds is 2. The fourth-order valence-corrected chi connectivity index (χ4v) is 1.36. The van der Waals surface area contributed by atoms with Crippen LogP contribution in [0.25, 0.3) is 0 Å². The third-order valence-corrected chi connectivity index (χ3v) is 1.02. The van der Waals surface area contributed by atoms with E-state index in [2.05, 4.69) is 13.8 Å². The summed E-state index contributed by atoms with van der Waals surface area (Å²) in [5, 5.41) is 0. The van der Waals surface area contributed by atoms with E-state index in [1.807, 2.05) is 0 Å². The fourth-order valence-electron chi connectivity index (χ4n) is 0.167. The molecule has 0 rings (SSSR count). The van der Waals surface area contributed by atoms with Crippen molar-refractivity contribution in [3.63, 3.8) is 0 Å². The van der Waals surface area contributed by atoms with E-state index in [0.29, 0.717) is 5.92 Å². The van der Waals surface area contributed by atoms with Crippen molar-refractivity contribution in [1.82, 2.24) is 0 Å². The molecule has 0 aromatic heterocycles. The van der Waals surface area contributed by atoms with Gasteiger partial charge in [-0.3, -0.25) is 0 Å². The van der Waals surface area contributed by atoms with Crippen LogP contribution < -0.4 is 24.8 Å². The van der Waals surface area contributed by atoms with Gasteiger partial charge in [-0.05, 0) is 0 Å².